The summed E-state index contributed by atoms with van der Waals surface area (Å²) in [6.07, 6.45) is 4.25. The van der Waals surface area contributed by atoms with Gasteiger partial charge in [0.05, 0.1) is 5.69 Å². The minimum absolute atomic E-state index is 0.00563. The van der Waals surface area contributed by atoms with Crippen molar-refractivity contribution < 1.29 is 22.7 Å². The van der Waals surface area contributed by atoms with E-state index in [0.717, 1.165) is 0 Å². The highest BCUT2D eigenvalue weighted by Gasteiger charge is 2.23. The second-order valence-corrected chi connectivity index (χ2v) is 10.8. The maximum absolute atomic E-state index is 14.1. The van der Waals surface area contributed by atoms with Crippen LogP contribution in [0.2, 0.25) is 0 Å². The highest BCUT2D eigenvalue weighted by atomic mass is 32.2. The number of nitrogens with zero attached hydrogens (tertiary/aromatic N) is 3. The number of amides is 1. The number of benzene rings is 3. The predicted molar refractivity (Wildman–Crippen MR) is 151 cm³/mol. The van der Waals surface area contributed by atoms with Crippen LogP contribution in [0.1, 0.15) is 34.8 Å². The Balaban J connectivity index is 1.42. The van der Waals surface area contributed by atoms with Gasteiger partial charge in [0.1, 0.15) is 16.5 Å². The Bertz CT molecular complexity index is 1470. The first-order valence-electron chi connectivity index (χ1n) is 12.6. The fraction of sp³-hybridized carbons (Fsp3) is 0.241. The van der Waals surface area contributed by atoms with Crippen LogP contribution in [0, 0.1) is 5.82 Å². The molecular formula is C29H31FN4O4S. The third-order valence-corrected chi connectivity index (χ3v) is 7.97. The molecule has 1 heterocycles. The molecule has 0 aliphatic carbocycles. The first-order chi connectivity index (χ1) is 18.7. The van der Waals surface area contributed by atoms with Gasteiger partial charge >= 0.3 is 0 Å². The van der Waals surface area contributed by atoms with E-state index in [1.807, 2.05) is 11.8 Å². The number of aliphatic imine (C=N–C) groups is 1. The first kappa shape index (κ1) is 28.0. The quantitative estimate of drug-likeness (QED) is 0.383. The number of phenols is 1. The number of hydrogen-bond donors (Lipinski definition) is 2. The van der Waals surface area contributed by atoms with Crippen molar-refractivity contribution in [3.63, 3.8) is 0 Å². The number of carbonyl (C=O) groups is 1. The summed E-state index contributed by atoms with van der Waals surface area (Å²) in [4.78, 5) is 20.8. The number of nitrogens with one attached hydrogen (secondary N) is 1. The average molecular weight is 551 g/mol. The van der Waals surface area contributed by atoms with Gasteiger partial charge in [0, 0.05) is 55.1 Å². The van der Waals surface area contributed by atoms with Gasteiger partial charge in [0.2, 0.25) is 0 Å². The van der Waals surface area contributed by atoms with Gasteiger partial charge in [0.25, 0.3) is 15.9 Å². The predicted octanol–water partition coefficient (Wildman–Crippen LogP) is 5.05. The van der Waals surface area contributed by atoms with Crippen LogP contribution in [-0.4, -0.2) is 62.1 Å². The van der Waals surface area contributed by atoms with Gasteiger partial charge in [-0.05, 0) is 62.5 Å². The lowest BCUT2D eigenvalue weighted by atomic mass is 10.1. The van der Waals surface area contributed by atoms with Crippen molar-refractivity contribution in [3.8, 4) is 5.75 Å². The highest BCUT2D eigenvalue weighted by molar-refractivity contribution is 7.92. The third kappa shape index (κ3) is 6.52. The van der Waals surface area contributed by atoms with E-state index in [-0.39, 0.29) is 34.3 Å². The van der Waals surface area contributed by atoms with E-state index in [1.54, 1.807) is 53.5 Å². The summed E-state index contributed by atoms with van der Waals surface area (Å²) >= 11 is 0. The molecule has 0 saturated carbocycles. The van der Waals surface area contributed by atoms with Crippen molar-refractivity contribution >= 4 is 40.1 Å². The van der Waals surface area contributed by atoms with E-state index in [4.69, 9.17) is 0 Å². The maximum Gasteiger partial charge on any atom is 0.264 e. The number of rotatable bonds is 8. The van der Waals surface area contributed by atoms with E-state index in [0.29, 0.717) is 49.4 Å². The SMILES string of the molecule is C=Nc1c(/C=C\C)cccc1S(=O)(=O)Nc1ccc(C(=O)N2CCCN(Cc3c(O)cccc3F)CC2)cc1. The summed E-state index contributed by atoms with van der Waals surface area (Å²) in [6.45, 7) is 7.78. The molecule has 4 rings (SSSR count). The lowest BCUT2D eigenvalue weighted by Gasteiger charge is -2.22. The topological polar surface area (TPSA) is 102 Å². The number of para-hydroxylation sites is 1. The molecule has 1 aliphatic heterocycles. The van der Waals surface area contributed by atoms with Gasteiger partial charge < -0.3 is 10.0 Å². The number of halogens is 1. The second-order valence-electron chi connectivity index (χ2n) is 9.19. The van der Waals surface area contributed by atoms with Gasteiger partial charge in [-0.1, -0.05) is 30.4 Å². The van der Waals surface area contributed by atoms with Crippen molar-refractivity contribution in [1.29, 1.82) is 0 Å². The smallest absolute Gasteiger partial charge is 0.264 e. The monoisotopic (exact) mass is 550 g/mol. The van der Waals surface area contributed by atoms with Crippen molar-refractivity contribution in [1.82, 2.24) is 9.80 Å². The Kier molecular flexibility index (Phi) is 8.78. The number of phenolic OH excluding ortho intramolecular Hbond substituents is 1. The van der Waals surface area contributed by atoms with Gasteiger partial charge in [-0.3, -0.25) is 19.4 Å². The molecule has 0 radical (unpaired) electrons. The Morgan fingerprint density at radius 2 is 1.82 bits per heavy atom. The van der Waals surface area contributed by atoms with Crippen molar-refractivity contribution in [2.45, 2.75) is 24.8 Å². The molecule has 204 valence electrons. The van der Waals surface area contributed by atoms with Crippen LogP contribution in [0.25, 0.3) is 6.08 Å². The second kappa shape index (κ2) is 12.2. The van der Waals surface area contributed by atoms with Gasteiger partial charge in [-0.15, -0.1) is 0 Å². The number of carbonyl (C=O) groups excluding carboxylic acids is 1. The van der Waals surface area contributed by atoms with Crippen LogP contribution in [0.4, 0.5) is 15.8 Å². The van der Waals surface area contributed by atoms with Crippen LogP contribution in [0.3, 0.4) is 0 Å². The molecule has 0 unspecified atom stereocenters. The van der Waals surface area contributed by atoms with E-state index >= 15 is 0 Å². The molecule has 0 aromatic heterocycles. The summed E-state index contributed by atoms with van der Waals surface area (Å²) in [5.41, 5.74) is 1.89. The minimum atomic E-state index is -3.96. The van der Waals surface area contributed by atoms with Crippen LogP contribution in [0.15, 0.2) is 76.6 Å². The fourth-order valence-electron chi connectivity index (χ4n) is 4.57. The Morgan fingerprint density at radius 3 is 2.51 bits per heavy atom. The molecule has 0 atom stereocenters. The average Bonchev–Trinajstić information content (AvgIpc) is 3.16. The molecule has 8 nitrogen and oxygen atoms in total. The van der Waals surface area contributed by atoms with E-state index in [9.17, 15) is 22.7 Å². The molecule has 1 aliphatic rings. The maximum atomic E-state index is 14.1. The van der Waals surface area contributed by atoms with Gasteiger partial charge in [-0.2, -0.15) is 0 Å². The lowest BCUT2D eigenvalue weighted by molar-refractivity contribution is 0.0761. The van der Waals surface area contributed by atoms with E-state index < -0.39 is 15.8 Å². The summed E-state index contributed by atoms with van der Waals surface area (Å²) in [5.74, 6) is -0.701. The van der Waals surface area contributed by atoms with Crippen LogP contribution in [0.5, 0.6) is 5.75 Å². The van der Waals surface area contributed by atoms with Crippen LogP contribution >= 0.6 is 0 Å². The number of aromatic hydroxyl groups is 1. The molecule has 39 heavy (non-hydrogen) atoms. The van der Waals surface area contributed by atoms with E-state index in [1.165, 1.54) is 24.3 Å². The molecule has 1 fully saturated rings. The summed E-state index contributed by atoms with van der Waals surface area (Å²) in [7, 11) is -3.96. The standard InChI is InChI=1S/C29H31FN4O4S/c1-3-7-21-8-4-11-27(28(21)31-2)39(37,38)32-23-14-12-22(13-15-23)29(36)34-17-6-16-33(18-19-34)20-24-25(30)9-5-10-26(24)35/h3-5,7-15,32,35H,2,6,16-20H2,1H3/b7-3-. The molecule has 1 amide bonds. The van der Waals surface area contributed by atoms with Crippen molar-refractivity contribution in [3.05, 3.63) is 89.2 Å². The normalized spacial score (nSPS) is 14.8. The van der Waals surface area contributed by atoms with Gasteiger partial charge in [-0.25, -0.2) is 12.8 Å². The first-order valence-corrected chi connectivity index (χ1v) is 14.0. The van der Waals surface area contributed by atoms with Crippen molar-refractivity contribution in [2.24, 2.45) is 4.99 Å². The van der Waals surface area contributed by atoms with Crippen LogP contribution < -0.4 is 4.72 Å². The molecule has 2 N–H and O–H groups in total. The fourth-order valence-corrected chi connectivity index (χ4v) is 5.82. The summed E-state index contributed by atoms with van der Waals surface area (Å²) in [6, 6.07) is 15.4. The number of anilines is 1. The molecule has 0 spiro atoms. The zero-order valence-electron chi connectivity index (χ0n) is 21.7. The molecule has 3 aromatic carbocycles. The summed E-state index contributed by atoms with van der Waals surface area (Å²) in [5, 5.41) is 10.0. The Labute approximate surface area is 228 Å². The molecule has 3 aromatic rings. The number of allylic oxidation sites excluding steroid dienone is 1. The summed E-state index contributed by atoms with van der Waals surface area (Å²) < 4.78 is 42.9. The lowest BCUT2D eigenvalue weighted by Crippen LogP contribution is -2.35. The zero-order chi connectivity index (χ0) is 28.0. The third-order valence-electron chi connectivity index (χ3n) is 6.56. The molecule has 10 heteroatoms. The molecule has 1 saturated heterocycles. The highest BCUT2D eigenvalue weighted by Crippen LogP contribution is 2.31. The number of hydrogen-bond acceptors (Lipinski definition) is 6. The molecule has 0 bridgehead atoms. The number of sulfonamides is 1. The Hall–Kier alpha value is -4.02. The Morgan fingerprint density at radius 1 is 1.08 bits per heavy atom. The van der Waals surface area contributed by atoms with E-state index in [2.05, 4.69) is 16.4 Å². The molecular weight excluding hydrogens is 519 g/mol. The minimum Gasteiger partial charge on any atom is -0.508 e. The van der Waals surface area contributed by atoms with Crippen molar-refractivity contribution in [2.75, 3.05) is 30.9 Å². The van der Waals surface area contributed by atoms with Gasteiger partial charge in [0.15, 0.2) is 0 Å². The zero-order valence-corrected chi connectivity index (χ0v) is 22.5. The van der Waals surface area contributed by atoms with Crippen LogP contribution in [-0.2, 0) is 16.6 Å². The largest absolute Gasteiger partial charge is 0.508 e.